The third kappa shape index (κ3) is 6.50. The van der Waals surface area contributed by atoms with E-state index in [9.17, 15) is 4.79 Å². The minimum Gasteiger partial charge on any atom is -0.381 e. The highest BCUT2D eigenvalue weighted by atomic mass is 16.5. The van der Waals surface area contributed by atoms with Gasteiger partial charge in [0.15, 0.2) is 0 Å². The van der Waals surface area contributed by atoms with Crippen LogP contribution in [0, 0.1) is 5.92 Å². The lowest BCUT2D eigenvalue weighted by molar-refractivity contribution is -0.0100. The molecule has 22 heavy (non-hydrogen) atoms. The summed E-state index contributed by atoms with van der Waals surface area (Å²) in [5.74, 6) is 0.599. The molecule has 0 radical (unpaired) electrons. The molecule has 0 aromatic carbocycles. The van der Waals surface area contributed by atoms with Crippen LogP contribution in [0.2, 0.25) is 0 Å². The quantitative estimate of drug-likeness (QED) is 0.742. The molecule has 0 aromatic heterocycles. The number of amides is 2. The normalized spacial score (nSPS) is 23.9. The van der Waals surface area contributed by atoms with Crippen molar-refractivity contribution in [3.8, 4) is 0 Å². The molecule has 6 heteroatoms. The van der Waals surface area contributed by atoms with E-state index in [0.29, 0.717) is 18.6 Å². The summed E-state index contributed by atoms with van der Waals surface area (Å²) in [5.41, 5.74) is 0. The van der Waals surface area contributed by atoms with Gasteiger partial charge in [0.1, 0.15) is 0 Å². The smallest absolute Gasteiger partial charge is 0.315 e. The highest BCUT2D eigenvalue weighted by Gasteiger charge is 2.22. The molecule has 2 fully saturated rings. The lowest BCUT2D eigenvalue weighted by Gasteiger charge is -2.32. The zero-order valence-electron chi connectivity index (χ0n) is 14.0. The van der Waals surface area contributed by atoms with Crippen molar-refractivity contribution in [3.63, 3.8) is 0 Å². The van der Waals surface area contributed by atoms with Crippen LogP contribution in [-0.4, -0.2) is 69.1 Å². The van der Waals surface area contributed by atoms with Gasteiger partial charge in [-0.1, -0.05) is 0 Å². The van der Waals surface area contributed by atoms with Gasteiger partial charge >= 0.3 is 6.03 Å². The highest BCUT2D eigenvalue weighted by molar-refractivity contribution is 5.74. The van der Waals surface area contributed by atoms with Crippen LogP contribution in [0.4, 0.5) is 4.79 Å². The van der Waals surface area contributed by atoms with Crippen LogP contribution in [0.25, 0.3) is 0 Å². The summed E-state index contributed by atoms with van der Waals surface area (Å²) in [6, 6.07) is 0.102. The molecule has 2 rings (SSSR count). The van der Waals surface area contributed by atoms with Gasteiger partial charge in [-0.05, 0) is 33.1 Å². The standard InChI is InChI=1S/C16H31N3O3/c1-13(2)18-16(20)17-6-9-19-7-3-15(4-8-19)22-12-14-5-10-21-11-14/h13-15H,3-12H2,1-2H3,(H2,17,18,20). The summed E-state index contributed by atoms with van der Waals surface area (Å²) in [6.07, 6.45) is 3.72. The van der Waals surface area contributed by atoms with E-state index in [-0.39, 0.29) is 12.1 Å². The van der Waals surface area contributed by atoms with E-state index in [2.05, 4.69) is 15.5 Å². The second kappa shape index (κ2) is 9.33. The second-order valence-corrected chi connectivity index (χ2v) is 6.66. The number of piperidine rings is 1. The molecule has 2 aliphatic rings. The number of urea groups is 1. The average Bonchev–Trinajstić information content (AvgIpc) is 2.99. The summed E-state index contributed by atoms with van der Waals surface area (Å²) in [7, 11) is 0. The predicted octanol–water partition coefficient (Wildman–Crippen LogP) is 1.21. The summed E-state index contributed by atoms with van der Waals surface area (Å²) >= 11 is 0. The molecule has 2 heterocycles. The van der Waals surface area contributed by atoms with Crippen molar-refractivity contribution in [2.75, 3.05) is 46.0 Å². The molecule has 2 saturated heterocycles. The van der Waals surface area contributed by atoms with Crippen molar-refractivity contribution in [3.05, 3.63) is 0 Å². The zero-order valence-corrected chi connectivity index (χ0v) is 14.0. The fraction of sp³-hybridized carbons (Fsp3) is 0.938. The molecular weight excluding hydrogens is 282 g/mol. The van der Waals surface area contributed by atoms with Crippen molar-refractivity contribution < 1.29 is 14.3 Å². The van der Waals surface area contributed by atoms with E-state index in [1.54, 1.807) is 0 Å². The Labute approximate surface area is 133 Å². The number of hydrogen-bond acceptors (Lipinski definition) is 4. The number of rotatable bonds is 7. The van der Waals surface area contributed by atoms with Crippen LogP contribution >= 0.6 is 0 Å². The van der Waals surface area contributed by atoms with Crippen molar-refractivity contribution in [1.82, 2.24) is 15.5 Å². The third-order valence-corrected chi connectivity index (χ3v) is 4.26. The molecular formula is C16H31N3O3. The Bertz CT molecular complexity index is 325. The molecule has 0 saturated carbocycles. The van der Waals surface area contributed by atoms with E-state index in [4.69, 9.17) is 9.47 Å². The van der Waals surface area contributed by atoms with Gasteiger partial charge in [0.25, 0.3) is 0 Å². The molecule has 0 aliphatic carbocycles. The summed E-state index contributed by atoms with van der Waals surface area (Å²) < 4.78 is 11.4. The van der Waals surface area contributed by atoms with E-state index < -0.39 is 0 Å². The Balaban J connectivity index is 1.50. The van der Waals surface area contributed by atoms with Crippen LogP contribution in [0.1, 0.15) is 33.1 Å². The Hall–Kier alpha value is -0.850. The largest absolute Gasteiger partial charge is 0.381 e. The predicted molar refractivity (Wildman–Crippen MR) is 86.0 cm³/mol. The minimum atomic E-state index is -0.0769. The van der Waals surface area contributed by atoms with Gasteiger partial charge in [0, 0.05) is 44.7 Å². The van der Waals surface area contributed by atoms with Gasteiger partial charge in [-0.15, -0.1) is 0 Å². The van der Waals surface area contributed by atoms with Gasteiger partial charge in [-0.3, -0.25) is 0 Å². The van der Waals surface area contributed by atoms with E-state index >= 15 is 0 Å². The average molecular weight is 313 g/mol. The number of carbonyl (C=O) groups excluding carboxylic acids is 1. The van der Waals surface area contributed by atoms with Crippen LogP contribution in [0.3, 0.4) is 0 Å². The number of ether oxygens (including phenoxy) is 2. The van der Waals surface area contributed by atoms with Crippen LogP contribution < -0.4 is 10.6 Å². The minimum absolute atomic E-state index is 0.0769. The van der Waals surface area contributed by atoms with Crippen LogP contribution in [-0.2, 0) is 9.47 Å². The number of nitrogens with zero attached hydrogens (tertiary/aromatic N) is 1. The van der Waals surface area contributed by atoms with Gasteiger partial charge in [0.2, 0.25) is 0 Å². The first kappa shape index (κ1) is 17.5. The number of hydrogen-bond donors (Lipinski definition) is 2. The maximum Gasteiger partial charge on any atom is 0.315 e. The highest BCUT2D eigenvalue weighted by Crippen LogP contribution is 2.17. The second-order valence-electron chi connectivity index (χ2n) is 6.66. The van der Waals surface area contributed by atoms with E-state index in [1.807, 2.05) is 13.8 Å². The Morgan fingerprint density at radius 3 is 2.73 bits per heavy atom. The first-order chi connectivity index (χ1) is 10.6. The Kier molecular flexibility index (Phi) is 7.42. The summed E-state index contributed by atoms with van der Waals surface area (Å²) in [4.78, 5) is 13.9. The first-order valence-corrected chi connectivity index (χ1v) is 8.59. The SMILES string of the molecule is CC(C)NC(=O)NCCN1CCC(OCC2CCOC2)CC1. The molecule has 2 aliphatic heterocycles. The number of carbonyl (C=O) groups is 1. The van der Waals surface area contributed by atoms with Crippen LogP contribution in [0.15, 0.2) is 0 Å². The summed E-state index contributed by atoms with van der Waals surface area (Å²) in [5, 5.41) is 5.73. The van der Waals surface area contributed by atoms with Crippen molar-refractivity contribution in [2.45, 2.75) is 45.3 Å². The fourth-order valence-corrected chi connectivity index (χ4v) is 2.93. The first-order valence-electron chi connectivity index (χ1n) is 8.59. The topological polar surface area (TPSA) is 62.8 Å². The molecule has 0 spiro atoms. The lowest BCUT2D eigenvalue weighted by Crippen LogP contribution is -2.45. The van der Waals surface area contributed by atoms with Crippen molar-refractivity contribution in [1.29, 1.82) is 0 Å². The van der Waals surface area contributed by atoms with Crippen LogP contribution in [0.5, 0.6) is 0 Å². The molecule has 0 bridgehead atoms. The maximum absolute atomic E-state index is 11.5. The van der Waals surface area contributed by atoms with Gasteiger partial charge in [-0.2, -0.15) is 0 Å². The lowest BCUT2D eigenvalue weighted by atomic mass is 10.1. The third-order valence-electron chi connectivity index (χ3n) is 4.26. The zero-order chi connectivity index (χ0) is 15.8. The molecule has 0 aromatic rings. The number of nitrogens with one attached hydrogen (secondary N) is 2. The molecule has 2 amide bonds. The van der Waals surface area contributed by atoms with E-state index in [0.717, 1.165) is 58.7 Å². The molecule has 128 valence electrons. The Morgan fingerprint density at radius 2 is 2.09 bits per heavy atom. The molecule has 1 unspecified atom stereocenters. The summed E-state index contributed by atoms with van der Waals surface area (Å²) in [6.45, 7) is 10.2. The van der Waals surface area contributed by atoms with E-state index in [1.165, 1.54) is 0 Å². The monoisotopic (exact) mass is 313 g/mol. The van der Waals surface area contributed by atoms with Gasteiger partial charge in [-0.25, -0.2) is 4.79 Å². The van der Waals surface area contributed by atoms with Gasteiger partial charge < -0.3 is 25.0 Å². The molecule has 2 N–H and O–H groups in total. The van der Waals surface area contributed by atoms with Gasteiger partial charge in [0.05, 0.1) is 19.3 Å². The Morgan fingerprint density at radius 1 is 1.32 bits per heavy atom. The molecule has 1 atom stereocenters. The molecule has 6 nitrogen and oxygen atoms in total. The van der Waals surface area contributed by atoms with Crippen molar-refractivity contribution in [2.24, 2.45) is 5.92 Å². The maximum atomic E-state index is 11.5. The fourth-order valence-electron chi connectivity index (χ4n) is 2.93. The number of likely N-dealkylation sites (tertiary alicyclic amines) is 1. The van der Waals surface area contributed by atoms with Crippen molar-refractivity contribution >= 4 is 6.03 Å².